The Labute approximate surface area is 87.2 Å². The summed E-state index contributed by atoms with van der Waals surface area (Å²) >= 11 is 0. The van der Waals surface area contributed by atoms with E-state index >= 15 is 0 Å². The van der Waals surface area contributed by atoms with Gasteiger partial charge in [-0.3, -0.25) is 0 Å². The Balaban J connectivity index is 1.64. The molecule has 0 saturated carbocycles. The highest BCUT2D eigenvalue weighted by molar-refractivity contribution is 4.76. The smallest absolute Gasteiger partial charge is 0.0168 e. The summed E-state index contributed by atoms with van der Waals surface area (Å²) in [5.41, 5.74) is 5.95. The molecule has 3 nitrogen and oxygen atoms in total. The Bertz CT molecular complexity index is 166. The van der Waals surface area contributed by atoms with Crippen LogP contribution >= 0.6 is 0 Å². The van der Waals surface area contributed by atoms with Crippen LogP contribution < -0.4 is 5.73 Å². The number of likely N-dealkylation sites (tertiary alicyclic amines) is 2. The summed E-state index contributed by atoms with van der Waals surface area (Å²) in [6.07, 6.45) is 5.32. The molecule has 0 spiro atoms. The predicted molar refractivity (Wildman–Crippen MR) is 59.3 cm³/mol. The molecule has 0 amide bonds. The first-order valence-electron chi connectivity index (χ1n) is 6.05. The van der Waals surface area contributed by atoms with E-state index in [0.29, 0.717) is 6.04 Å². The first-order chi connectivity index (χ1) is 6.84. The lowest BCUT2D eigenvalue weighted by atomic mass is 10.1. The van der Waals surface area contributed by atoms with Crippen molar-refractivity contribution in [3.63, 3.8) is 0 Å². The molecule has 2 aliphatic rings. The van der Waals surface area contributed by atoms with Crippen LogP contribution in [0.1, 0.15) is 25.7 Å². The molecule has 0 aromatic rings. The molecular weight excluding hydrogens is 174 g/mol. The van der Waals surface area contributed by atoms with Gasteiger partial charge in [-0.1, -0.05) is 0 Å². The first kappa shape index (κ1) is 10.4. The van der Waals surface area contributed by atoms with Gasteiger partial charge in [-0.2, -0.15) is 0 Å². The molecule has 0 aromatic heterocycles. The zero-order valence-corrected chi connectivity index (χ0v) is 9.12. The van der Waals surface area contributed by atoms with Crippen LogP contribution in [0.4, 0.5) is 0 Å². The zero-order chi connectivity index (χ0) is 9.80. The third kappa shape index (κ3) is 2.94. The van der Waals surface area contributed by atoms with E-state index in [0.717, 1.165) is 6.54 Å². The van der Waals surface area contributed by atoms with Crippen LogP contribution in [0.3, 0.4) is 0 Å². The maximum atomic E-state index is 5.95. The van der Waals surface area contributed by atoms with Gasteiger partial charge in [0.2, 0.25) is 0 Å². The molecule has 1 unspecified atom stereocenters. The Hall–Kier alpha value is -0.120. The third-order valence-electron chi connectivity index (χ3n) is 3.47. The van der Waals surface area contributed by atoms with E-state index in [1.54, 1.807) is 0 Å². The summed E-state index contributed by atoms with van der Waals surface area (Å²) in [6.45, 7) is 7.51. The number of piperidine rings is 1. The summed E-state index contributed by atoms with van der Waals surface area (Å²) in [6, 6.07) is 0.433. The number of nitrogens with zero attached hydrogens (tertiary/aromatic N) is 2. The lowest BCUT2D eigenvalue weighted by Crippen LogP contribution is -2.45. The Morgan fingerprint density at radius 2 is 1.57 bits per heavy atom. The molecule has 2 aliphatic heterocycles. The highest BCUT2D eigenvalue weighted by Crippen LogP contribution is 2.10. The summed E-state index contributed by atoms with van der Waals surface area (Å²) in [5.74, 6) is 0. The zero-order valence-electron chi connectivity index (χ0n) is 9.12. The monoisotopic (exact) mass is 197 g/mol. The van der Waals surface area contributed by atoms with E-state index in [1.807, 2.05) is 0 Å². The minimum absolute atomic E-state index is 0.433. The standard InChI is InChI=1S/C11H23N3/c12-11-4-3-7-14(10-11)9-8-13-5-1-2-6-13/h11H,1-10,12H2. The van der Waals surface area contributed by atoms with E-state index < -0.39 is 0 Å². The van der Waals surface area contributed by atoms with E-state index in [9.17, 15) is 0 Å². The van der Waals surface area contributed by atoms with Crippen molar-refractivity contribution in [3.05, 3.63) is 0 Å². The first-order valence-corrected chi connectivity index (χ1v) is 6.05. The van der Waals surface area contributed by atoms with Crippen molar-refractivity contribution in [2.45, 2.75) is 31.7 Å². The maximum absolute atomic E-state index is 5.95. The van der Waals surface area contributed by atoms with E-state index in [1.165, 1.54) is 58.4 Å². The highest BCUT2D eigenvalue weighted by Gasteiger charge is 2.18. The lowest BCUT2D eigenvalue weighted by Gasteiger charge is -2.31. The normalized spacial score (nSPS) is 31.1. The molecule has 0 aromatic carbocycles. The molecule has 82 valence electrons. The predicted octanol–water partition coefficient (Wildman–Crippen LogP) is 0.505. The van der Waals surface area contributed by atoms with Gasteiger partial charge in [0.05, 0.1) is 0 Å². The largest absolute Gasteiger partial charge is 0.327 e. The van der Waals surface area contributed by atoms with Gasteiger partial charge in [-0.15, -0.1) is 0 Å². The molecule has 14 heavy (non-hydrogen) atoms. The lowest BCUT2D eigenvalue weighted by molar-refractivity contribution is 0.182. The Morgan fingerprint density at radius 3 is 2.29 bits per heavy atom. The van der Waals surface area contributed by atoms with Gasteiger partial charge in [0, 0.05) is 25.7 Å². The number of hydrogen-bond donors (Lipinski definition) is 1. The van der Waals surface area contributed by atoms with Crippen LogP contribution in [0, 0.1) is 0 Å². The summed E-state index contributed by atoms with van der Waals surface area (Å²) < 4.78 is 0. The fourth-order valence-electron chi connectivity index (χ4n) is 2.58. The molecule has 0 radical (unpaired) electrons. The summed E-state index contributed by atoms with van der Waals surface area (Å²) in [4.78, 5) is 5.12. The molecule has 2 saturated heterocycles. The number of rotatable bonds is 3. The van der Waals surface area contributed by atoms with Gasteiger partial charge in [0.1, 0.15) is 0 Å². The van der Waals surface area contributed by atoms with Crippen molar-refractivity contribution in [2.75, 3.05) is 39.3 Å². The van der Waals surface area contributed by atoms with Crippen molar-refractivity contribution in [1.29, 1.82) is 0 Å². The Morgan fingerprint density at radius 1 is 0.929 bits per heavy atom. The molecule has 2 heterocycles. The maximum Gasteiger partial charge on any atom is 0.0168 e. The molecule has 2 fully saturated rings. The topological polar surface area (TPSA) is 32.5 Å². The second kappa shape index (κ2) is 5.10. The van der Waals surface area contributed by atoms with Gasteiger partial charge < -0.3 is 15.5 Å². The highest BCUT2D eigenvalue weighted by atomic mass is 15.2. The second-order valence-corrected chi connectivity index (χ2v) is 4.75. The summed E-state index contributed by atoms with van der Waals surface area (Å²) in [7, 11) is 0. The van der Waals surface area contributed by atoms with Crippen LogP contribution in [-0.2, 0) is 0 Å². The molecule has 0 aliphatic carbocycles. The SMILES string of the molecule is NC1CCCN(CCN2CCCC2)C1. The van der Waals surface area contributed by atoms with E-state index in [-0.39, 0.29) is 0 Å². The van der Waals surface area contributed by atoms with Crippen LogP contribution in [0.2, 0.25) is 0 Å². The van der Waals surface area contributed by atoms with Crippen LogP contribution in [-0.4, -0.2) is 55.1 Å². The van der Waals surface area contributed by atoms with E-state index in [4.69, 9.17) is 5.73 Å². The third-order valence-corrected chi connectivity index (χ3v) is 3.47. The van der Waals surface area contributed by atoms with Crippen molar-refractivity contribution in [2.24, 2.45) is 5.73 Å². The van der Waals surface area contributed by atoms with Crippen molar-refractivity contribution in [3.8, 4) is 0 Å². The van der Waals surface area contributed by atoms with Crippen LogP contribution in [0.15, 0.2) is 0 Å². The molecule has 0 bridgehead atoms. The number of nitrogens with two attached hydrogens (primary N) is 1. The number of hydrogen-bond acceptors (Lipinski definition) is 3. The quantitative estimate of drug-likeness (QED) is 0.715. The second-order valence-electron chi connectivity index (χ2n) is 4.75. The van der Waals surface area contributed by atoms with Crippen molar-refractivity contribution < 1.29 is 0 Å². The summed E-state index contributed by atoms with van der Waals surface area (Å²) in [5, 5.41) is 0. The average Bonchev–Trinajstić information content (AvgIpc) is 2.67. The Kier molecular flexibility index (Phi) is 3.79. The van der Waals surface area contributed by atoms with Crippen molar-refractivity contribution >= 4 is 0 Å². The minimum Gasteiger partial charge on any atom is -0.327 e. The van der Waals surface area contributed by atoms with Crippen LogP contribution in [0.25, 0.3) is 0 Å². The van der Waals surface area contributed by atoms with Crippen molar-refractivity contribution in [1.82, 2.24) is 9.80 Å². The van der Waals surface area contributed by atoms with Gasteiger partial charge >= 0.3 is 0 Å². The fraction of sp³-hybridized carbons (Fsp3) is 1.00. The minimum atomic E-state index is 0.433. The molecule has 2 rings (SSSR count). The average molecular weight is 197 g/mol. The fourth-order valence-corrected chi connectivity index (χ4v) is 2.58. The molecular formula is C11H23N3. The van der Waals surface area contributed by atoms with Crippen LogP contribution in [0.5, 0.6) is 0 Å². The molecule has 1 atom stereocenters. The molecule has 3 heteroatoms. The van der Waals surface area contributed by atoms with Gasteiger partial charge in [0.25, 0.3) is 0 Å². The molecule has 2 N–H and O–H groups in total. The van der Waals surface area contributed by atoms with Gasteiger partial charge in [0.15, 0.2) is 0 Å². The van der Waals surface area contributed by atoms with E-state index in [2.05, 4.69) is 9.80 Å². The van der Waals surface area contributed by atoms with Gasteiger partial charge in [-0.25, -0.2) is 0 Å². The van der Waals surface area contributed by atoms with Gasteiger partial charge in [-0.05, 0) is 45.3 Å².